The number of aromatic nitrogens is 1. The van der Waals surface area contributed by atoms with Gasteiger partial charge in [0.1, 0.15) is 0 Å². The fourth-order valence-electron chi connectivity index (χ4n) is 5.16. The van der Waals surface area contributed by atoms with E-state index < -0.39 is 0 Å². The number of carbonyl (C=O) groups excluding carboxylic acids is 2. The van der Waals surface area contributed by atoms with Crippen molar-refractivity contribution in [2.45, 2.75) is 52.1 Å². The first kappa shape index (κ1) is 27.2. The molecular formula is C29H41N5O3. The molecule has 2 aliphatic rings. The van der Waals surface area contributed by atoms with E-state index in [4.69, 9.17) is 4.74 Å². The Kier molecular flexibility index (Phi) is 10.5. The van der Waals surface area contributed by atoms with Gasteiger partial charge in [-0.3, -0.25) is 24.4 Å². The Balaban J connectivity index is 1.54. The molecule has 2 aromatic rings. The van der Waals surface area contributed by atoms with Gasteiger partial charge in [0.2, 0.25) is 5.91 Å². The van der Waals surface area contributed by atoms with Crippen molar-refractivity contribution in [3.05, 3.63) is 59.4 Å². The van der Waals surface area contributed by atoms with E-state index in [9.17, 15) is 9.59 Å². The summed E-state index contributed by atoms with van der Waals surface area (Å²) in [6.07, 6.45) is 9.31. The van der Waals surface area contributed by atoms with Gasteiger partial charge in [-0.05, 0) is 54.8 Å². The lowest BCUT2D eigenvalue weighted by Gasteiger charge is -2.29. The summed E-state index contributed by atoms with van der Waals surface area (Å²) in [6.45, 7) is 9.48. The van der Waals surface area contributed by atoms with Crippen LogP contribution in [0.5, 0.6) is 0 Å². The molecule has 1 fully saturated rings. The largest absolute Gasteiger partial charge is 0.379 e. The van der Waals surface area contributed by atoms with Crippen molar-refractivity contribution in [2.24, 2.45) is 0 Å². The number of hydrogen-bond donors (Lipinski definition) is 1. The molecule has 0 radical (unpaired) electrons. The molecule has 1 aromatic heterocycles. The molecule has 3 heterocycles. The molecule has 0 aliphatic carbocycles. The maximum atomic E-state index is 13.1. The van der Waals surface area contributed by atoms with Gasteiger partial charge in [-0.25, -0.2) is 0 Å². The number of rotatable bonds is 6. The van der Waals surface area contributed by atoms with Gasteiger partial charge in [-0.1, -0.05) is 25.3 Å². The Morgan fingerprint density at radius 3 is 2.51 bits per heavy atom. The van der Waals surface area contributed by atoms with E-state index in [0.29, 0.717) is 25.2 Å². The van der Waals surface area contributed by atoms with Gasteiger partial charge in [0.15, 0.2) is 0 Å². The van der Waals surface area contributed by atoms with E-state index in [1.54, 1.807) is 13.1 Å². The third-order valence-corrected chi connectivity index (χ3v) is 7.21. The highest BCUT2D eigenvalue weighted by molar-refractivity contribution is 5.97. The molecule has 2 amide bonds. The summed E-state index contributed by atoms with van der Waals surface area (Å²) in [4.78, 5) is 36.7. The first-order chi connectivity index (χ1) is 18.1. The van der Waals surface area contributed by atoms with E-state index in [2.05, 4.69) is 26.2 Å². The summed E-state index contributed by atoms with van der Waals surface area (Å²) in [5.41, 5.74) is 3.73. The molecule has 0 unspecified atom stereocenters. The minimum Gasteiger partial charge on any atom is -0.379 e. The van der Waals surface area contributed by atoms with Crippen LogP contribution in [0.2, 0.25) is 0 Å². The van der Waals surface area contributed by atoms with Gasteiger partial charge in [0.25, 0.3) is 5.91 Å². The van der Waals surface area contributed by atoms with Crippen molar-refractivity contribution >= 4 is 17.5 Å². The Labute approximate surface area is 221 Å². The molecule has 1 N–H and O–H groups in total. The second-order valence-corrected chi connectivity index (χ2v) is 10.1. The molecule has 0 bridgehead atoms. The average Bonchev–Trinajstić information content (AvgIpc) is 2.90. The topological polar surface area (TPSA) is 78.0 Å². The molecule has 8 heteroatoms. The zero-order chi connectivity index (χ0) is 25.9. The summed E-state index contributed by atoms with van der Waals surface area (Å²) >= 11 is 0. The number of morpholine rings is 1. The number of anilines is 1. The van der Waals surface area contributed by atoms with Crippen LogP contribution in [0.4, 0.5) is 5.69 Å². The fraction of sp³-hybridized carbons (Fsp3) is 0.552. The van der Waals surface area contributed by atoms with Crippen molar-refractivity contribution in [1.29, 1.82) is 0 Å². The molecule has 0 spiro atoms. The first-order valence-corrected chi connectivity index (χ1v) is 13.7. The maximum Gasteiger partial charge on any atom is 0.251 e. The van der Waals surface area contributed by atoms with E-state index in [1.165, 1.54) is 12.8 Å². The molecular weight excluding hydrogens is 466 g/mol. The van der Waals surface area contributed by atoms with Crippen molar-refractivity contribution in [3.63, 3.8) is 0 Å². The maximum absolute atomic E-state index is 13.1. The smallest absolute Gasteiger partial charge is 0.251 e. The third kappa shape index (κ3) is 8.35. The van der Waals surface area contributed by atoms with Crippen LogP contribution in [-0.4, -0.2) is 79.1 Å². The van der Waals surface area contributed by atoms with Gasteiger partial charge in [0.05, 0.1) is 13.2 Å². The number of ether oxygens (including phenoxy) is 1. The van der Waals surface area contributed by atoms with E-state index in [1.807, 2.05) is 35.4 Å². The Morgan fingerprint density at radius 1 is 0.973 bits per heavy atom. The summed E-state index contributed by atoms with van der Waals surface area (Å²) in [7, 11) is 0. The number of amides is 2. The summed E-state index contributed by atoms with van der Waals surface area (Å²) < 4.78 is 5.41. The highest BCUT2D eigenvalue weighted by Crippen LogP contribution is 2.26. The third-order valence-electron chi connectivity index (χ3n) is 7.21. The molecule has 0 saturated carbocycles. The van der Waals surface area contributed by atoms with Crippen LogP contribution in [0.3, 0.4) is 0 Å². The average molecular weight is 508 g/mol. The predicted molar refractivity (Wildman–Crippen MR) is 145 cm³/mol. The number of nitrogens with one attached hydrogen (secondary N) is 1. The lowest BCUT2D eigenvalue weighted by Crippen LogP contribution is -2.41. The summed E-state index contributed by atoms with van der Waals surface area (Å²) in [6, 6.07) is 9.87. The van der Waals surface area contributed by atoms with Crippen molar-refractivity contribution in [2.75, 3.05) is 57.4 Å². The highest BCUT2D eigenvalue weighted by Gasteiger charge is 2.20. The van der Waals surface area contributed by atoms with Gasteiger partial charge in [-0.15, -0.1) is 0 Å². The van der Waals surface area contributed by atoms with E-state index >= 15 is 0 Å². The number of carbonyl (C=O) groups is 2. The van der Waals surface area contributed by atoms with Crippen molar-refractivity contribution in [3.8, 4) is 0 Å². The zero-order valence-electron chi connectivity index (χ0n) is 22.2. The van der Waals surface area contributed by atoms with Gasteiger partial charge >= 0.3 is 0 Å². The second kappa shape index (κ2) is 14.2. The summed E-state index contributed by atoms with van der Waals surface area (Å²) in [5.74, 6) is -0.0322. The van der Waals surface area contributed by atoms with Crippen molar-refractivity contribution < 1.29 is 14.3 Å². The lowest BCUT2D eigenvalue weighted by molar-refractivity contribution is -0.116. The van der Waals surface area contributed by atoms with Crippen LogP contribution in [0.15, 0.2) is 42.7 Å². The molecule has 1 saturated heterocycles. The first-order valence-electron chi connectivity index (χ1n) is 13.7. The van der Waals surface area contributed by atoms with Gasteiger partial charge < -0.3 is 15.0 Å². The van der Waals surface area contributed by atoms with Crippen LogP contribution in [0.25, 0.3) is 0 Å². The number of pyridine rings is 1. The Hall–Kier alpha value is -2.81. The number of fused-ring (bicyclic) bond motifs is 1. The van der Waals surface area contributed by atoms with E-state index in [0.717, 1.165) is 82.0 Å². The fourth-order valence-corrected chi connectivity index (χ4v) is 5.16. The zero-order valence-corrected chi connectivity index (χ0v) is 22.2. The monoisotopic (exact) mass is 507 g/mol. The van der Waals surface area contributed by atoms with Crippen LogP contribution in [0.1, 0.15) is 60.5 Å². The normalized spacial score (nSPS) is 18.4. The van der Waals surface area contributed by atoms with Crippen molar-refractivity contribution in [1.82, 2.24) is 20.1 Å². The highest BCUT2D eigenvalue weighted by atomic mass is 16.5. The molecule has 1 aromatic carbocycles. The van der Waals surface area contributed by atoms with Crippen LogP contribution < -0.4 is 10.2 Å². The van der Waals surface area contributed by atoms with Crippen LogP contribution in [-0.2, 0) is 22.6 Å². The van der Waals surface area contributed by atoms with E-state index in [-0.39, 0.29) is 11.8 Å². The van der Waals surface area contributed by atoms with Gasteiger partial charge in [0, 0.05) is 76.4 Å². The number of benzene rings is 1. The molecule has 0 atom stereocenters. The van der Waals surface area contributed by atoms with Gasteiger partial charge in [-0.2, -0.15) is 0 Å². The Bertz CT molecular complexity index is 1010. The lowest BCUT2D eigenvalue weighted by atomic mass is 10.0. The standard InChI is InChI=1S/C29H41N5O3/c1-24(35)34-14-6-4-2-3-5-13-33(22-25-8-7-11-30-21-25)23-27-20-26(9-10-28(27)34)29(36)31-12-15-32-16-18-37-19-17-32/h7-11,20-21H,2-6,12-19,22-23H2,1H3,(H,31,36). The molecule has 4 rings (SSSR count). The predicted octanol–water partition coefficient (Wildman–Crippen LogP) is 3.46. The minimum absolute atomic E-state index is 0.0415. The molecule has 200 valence electrons. The van der Waals surface area contributed by atoms with Crippen LogP contribution >= 0.6 is 0 Å². The molecule has 2 aliphatic heterocycles. The Morgan fingerprint density at radius 2 is 1.76 bits per heavy atom. The quantitative estimate of drug-likeness (QED) is 0.645. The minimum atomic E-state index is -0.0737. The molecule has 8 nitrogen and oxygen atoms in total. The number of nitrogens with zero attached hydrogens (tertiary/aromatic N) is 4. The summed E-state index contributed by atoms with van der Waals surface area (Å²) in [5, 5.41) is 3.08. The molecule has 37 heavy (non-hydrogen) atoms. The SMILES string of the molecule is CC(=O)N1CCCCCCCN(Cc2cccnc2)Cc2cc(C(=O)NCCN3CCOCC3)ccc21. The van der Waals surface area contributed by atoms with Crippen LogP contribution in [0, 0.1) is 0 Å². The number of hydrogen-bond acceptors (Lipinski definition) is 6. The second-order valence-electron chi connectivity index (χ2n) is 10.1.